The fourth-order valence-corrected chi connectivity index (χ4v) is 0.222. The molecule has 1 unspecified atom stereocenters. The van der Waals surface area contributed by atoms with E-state index in [1.165, 1.54) is 0 Å². The van der Waals surface area contributed by atoms with Gasteiger partial charge in [-0.15, -0.1) is 0 Å². The number of rotatable bonds is 3. The number of carboxylic acids is 1. The van der Waals surface area contributed by atoms with E-state index in [4.69, 9.17) is 15.3 Å². The fraction of sp³-hybridized carbons (Fsp3) is 0.500. The number of carbonyl (C=O) groups is 2. The summed E-state index contributed by atoms with van der Waals surface area (Å²) in [4.78, 5) is 19.4. The first kappa shape index (κ1) is 8.70. The second-order valence-corrected chi connectivity index (χ2v) is 1.43. The average molecular weight is 150 g/mol. The lowest BCUT2D eigenvalue weighted by molar-refractivity contribution is -0.148. The highest BCUT2D eigenvalue weighted by atomic mass is 16.7. The molecule has 1 atom stereocenters. The van der Waals surface area contributed by atoms with Crippen LogP contribution in [0.5, 0.6) is 0 Å². The summed E-state index contributed by atoms with van der Waals surface area (Å²) in [6.07, 6.45) is -3.39. The van der Waals surface area contributed by atoms with E-state index in [1.807, 2.05) is 0 Å². The number of ether oxygens (including phenoxy) is 1. The molecular weight excluding hydrogens is 144 g/mol. The molecule has 0 amide bonds. The van der Waals surface area contributed by atoms with Gasteiger partial charge >= 0.3 is 12.1 Å². The molecule has 0 aliphatic heterocycles. The first-order chi connectivity index (χ1) is 4.54. The summed E-state index contributed by atoms with van der Waals surface area (Å²) >= 11 is 0. The normalized spacial score (nSPS) is 12.1. The van der Waals surface area contributed by atoms with E-state index >= 15 is 0 Å². The van der Waals surface area contributed by atoms with E-state index in [2.05, 4.69) is 4.74 Å². The largest absolute Gasteiger partial charge is 0.505 e. The van der Waals surface area contributed by atoms with Gasteiger partial charge in [-0.2, -0.15) is 0 Å². The highest BCUT2D eigenvalue weighted by Crippen LogP contribution is 1.85. The molecule has 0 aromatic heterocycles. The van der Waals surface area contributed by atoms with Crippen molar-refractivity contribution < 1.29 is 29.6 Å². The second-order valence-electron chi connectivity index (χ2n) is 1.43. The minimum Gasteiger partial charge on any atom is -0.479 e. The summed E-state index contributed by atoms with van der Waals surface area (Å²) < 4.78 is 3.75. The summed E-state index contributed by atoms with van der Waals surface area (Å²) in [5.41, 5.74) is 0. The number of aliphatic carboxylic acids is 1. The van der Waals surface area contributed by atoms with Gasteiger partial charge in [-0.05, 0) is 0 Å². The van der Waals surface area contributed by atoms with E-state index in [9.17, 15) is 9.59 Å². The molecule has 58 valence electrons. The molecule has 0 rings (SSSR count). The van der Waals surface area contributed by atoms with E-state index in [-0.39, 0.29) is 0 Å². The minimum atomic E-state index is -1.78. The monoisotopic (exact) mass is 150 g/mol. The molecule has 0 heterocycles. The highest BCUT2D eigenvalue weighted by molar-refractivity contribution is 5.72. The fourth-order valence-electron chi connectivity index (χ4n) is 0.222. The molecule has 0 aromatic rings. The molecule has 3 N–H and O–H groups in total. The zero-order valence-corrected chi connectivity index (χ0v) is 4.85. The Balaban J connectivity index is 3.49. The van der Waals surface area contributed by atoms with Crippen LogP contribution in [0.3, 0.4) is 0 Å². The molecule has 0 fully saturated rings. The Kier molecular flexibility index (Phi) is 3.20. The van der Waals surface area contributed by atoms with Crippen LogP contribution in [0.15, 0.2) is 0 Å². The van der Waals surface area contributed by atoms with Crippen molar-refractivity contribution in [3.8, 4) is 0 Å². The van der Waals surface area contributed by atoms with Gasteiger partial charge < -0.3 is 20.1 Å². The van der Waals surface area contributed by atoms with E-state index < -0.39 is 24.8 Å². The number of hydrogen-bond acceptors (Lipinski definition) is 4. The maximum atomic E-state index is 9.79. The Morgan fingerprint density at radius 3 is 2.20 bits per heavy atom. The third-order valence-corrected chi connectivity index (χ3v) is 0.650. The Morgan fingerprint density at radius 1 is 1.40 bits per heavy atom. The van der Waals surface area contributed by atoms with Crippen molar-refractivity contribution in [3.05, 3.63) is 0 Å². The number of hydrogen-bond donors (Lipinski definition) is 3. The zero-order valence-electron chi connectivity index (χ0n) is 4.85. The van der Waals surface area contributed by atoms with Crippen molar-refractivity contribution in [3.63, 3.8) is 0 Å². The molecule has 6 nitrogen and oxygen atoms in total. The number of aliphatic hydroxyl groups excluding tert-OH is 1. The molecule has 0 spiro atoms. The number of aliphatic hydroxyl groups is 1. The lowest BCUT2D eigenvalue weighted by Gasteiger charge is -2.02. The van der Waals surface area contributed by atoms with Crippen LogP contribution in [-0.4, -0.2) is 40.2 Å². The maximum absolute atomic E-state index is 9.79. The standard InChI is InChI=1S/C4H6O6/c5-2(3(6)7)1-10-4(8)9/h2,5H,1H2,(H,6,7)(H,8,9). The van der Waals surface area contributed by atoms with Crippen LogP contribution in [0.2, 0.25) is 0 Å². The van der Waals surface area contributed by atoms with Crippen LogP contribution >= 0.6 is 0 Å². The average Bonchev–Trinajstić information content (AvgIpc) is 1.82. The molecule has 0 aliphatic rings. The molecular formula is C4H6O6. The summed E-state index contributed by atoms with van der Waals surface area (Å²) in [6.45, 7) is -0.745. The minimum absolute atomic E-state index is 0.745. The summed E-state index contributed by atoms with van der Waals surface area (Å²) in [7, 11) is 0. The van der Waals surface area contributed by atoms with Gasteiger partial charge in [0.15, 0.2) is 6.10 Å². The van der Waals surface area contributed by atoms with Crippen molar-refractivity contribution in [1.82, 2.24) is 0 Å². The van der Waals surface area contributed by atoms with Gasteiger partial charge in [0.25, 0.3) is 0 Å². The maximum Gasteiger partial charge on any atom is 0.505 e. The van der Waals surface area contributed by atoms with Gasteiger partial charge in [-0.3, -0.25) is 0 Å². The van der Waals surface area contributed by atoms with Crippen LogP contribution in [0.4, 0.5) is 4.79 Å². The third-order valence-electron chi connectivity index (χ3n) is 0.650. The summed E-state index contributed by atoms with van der Waals surface area (Å²) in [5, 5.41) is 24.2. The van der Waals surface area contributed by atoms with Gasteiger partial charge in [0.05, 0.1) is 0 Å². The van der Waals surface area contributed by atoms with Crippen molar-refractivity contribution in [2.75, 3.05) is 6.61 Å². The Hall–Kier alpha value is -1.30. The first-order valence-corrected chi connectivity index (χ1v) is 2.30. The van der Waals surface area contributed by atoms with Gasteiger partial charge in [-0.1, -0.05) is 0 Å². The Morgan fingerprint density at radius 2 is 1.90 bits per heavy atom. The molecule has 10 heavy (non-hydrogen) atoms. The smallest absolute Gasteiger partial charge is 0.479 e. The quantitative estimate of drug-likeness (QED) is 0.451. The SMILES string of the molecule is O=C(O)OCC(O)C(=O)O. The molecule has 6 heteroatoms. The van der Waals surface area contributed by atoms with Crippen molar-refractivity contribution in [2.45, 2.75) is 6.10 Å². The van der Waals surface area contributed by atoms with E-state index in [0.717, 1.165) is 0 Å². The molecule has 0 saturated heterocycles. The molecule has 0 bridgehead atoms. The van der Waals surface area contributed by atoms with Crippen LogP contribution in [0.1, 0.15) is 0 Å². The lowest BCUT2D eigenvalue weighted by Crippen LogP contribution is -2.26. The highest BCUT2D eigenvalue weighted by Gasteiger charge is 2.14. The molecule has 0 saturated carbocycles. The van der Waals surface area contributed by atoms with Crippen molar-refractivity contribution >= 4 is 12.1 Å². The van der Waals surface area contributed by atoms with Gasteiger partial charge in [-0.25, -0.2) is 9.59 Å². The molecule has 0 radical (unpaired) electrons. The van der Waals surface area contributed by atoms with Crippen LogP contribution < -0.4 is 0 Å². The van der Waals surface area contributed by atoms with Crippen LogP contribution in [0, 0.1) is 0 Å². The van der Waals surface area contributed by atoms with Crippen LogP contribution in [0.25, 0.3) is 0 Å². The summed E-state index contributed by atoms with van der Waals surface area (Å²) in [6, 6.07) is 0. The third kappa shape index (κ3) is 3.67. The predicted molar refractivity (Wildman–Crippen MR) is 27.6 cm³/mol. The predicted octanol–water partition coefficient (Wildman–Crippen LogP) is -0.873. The second kappa shape index (κ2) is 3.67. The van der Waals surface area contributed by atoms with Crippen molar-refractivity contribution in [2.24, 2.45) is 0 Å². The first-order valence-electron chi connectivity index (χ1n) is 2.30. The topological polar surface area (TPSA) is 104 Å². The zero-order chi connectivity index (χ0) is 8.15. The summed E-state index contributed by atoms with van der Waals surface area (Å²) in [5.74, 6) is -1.51. The molecule has 0 aliphatic carbocycles. The van der Waals surface area contributed by atoms with Gasteiger partial charge in [0.2, 0.25) is 0 Å². The number of carboxylic acid groups (broad SMARTS) is 2. The van der Waals surface area contributed by atoms with Crippen LogP contribution in [-0.2, 0) is 9.53 Å². The van der Waals surface area contributed by atoms with Gasteiger partial charge in [0, 0.05) is 0 Å². The molecule has 0 aromatic carbocycles. The Bertz CT molecular complexity index is 141. The Labute approximate surface area is 55.7 Å². The lowest BCUT2D eigenvalue weighted by atomic mass is 10.4. The van der Waals surface area contributed by atoms with Gasteiger partial charge in [0.1, 0.15) is 6.61 Å². The van der Waals surface area contributed by atoms with E-state index in [1.54, 1.807) is 0 Å². The van der Waals surface area contributed by atoms with E-state index in [0.29, 0.717) is 0 Å². The van der Waals surface area contributed by atoms with Crippen molar-refractivity contribution in [1.29, 1.82) is 0 Å².